The second-order valence-corrected chi connectivity index (χ2v) is 7.60. The Hall–Kier alpha value is -1.04. The van der Waals surface area contributed by atoms with Crippen LogP contribution in [0, 0.1) is 0 Å². The van der Waals surface area contributed by atoms with Crippen LogP contribution in [-0.2, 0) is 5.41 Å². The molecule has 0 radical (unpaired) electrons. The molecule has 2 aromatic rings. The van der Waals surface area contributed by atoms with Crippen LogP contribution in [-0.4, -0.2) is 15.0 Å². The summed E-state index contributed by atoms with van der Waals surface area (Å²) in [6.45, 7) is 6.80. The Morgan fingerprint density at radius 1 is 0.765 bits per heavy atom. The predicted octanol–water partition coefficient (Wildman–Crippen LogP) is 2.64. The number of benzene rings is 2. The molecule has 2 aromatic carbocycles. The molecule has 0 N–H and O–H groups in total. The normalized spacial score (nSPS) is 11.5. The first-order valence-electron chi connectivity index (χ1n) is 5.89. The van der Waals surface area contributed by atoms with E-state index in [2.05, 4.69) is 75.4 Å². The Morgan fingerprint density at radius 3 is 2.06 bits per heavy atom. The third-order valence-electron chi connectivity index (χ3n) is 2.68. The van der Waals surface area contributed by atoms with Crippen molar-refractivity contribution in [3.8, 4) is 0 Å². The fourth-order valence-corrected chi connectivity index (χ4v) is 3.53. The average Bonchev–Trinajstić information content (AvgIpc) is 2.29. The topological polar surface area (TPSA) is 0 Å². The minimum atomic E-state index is 0.239. The fourth-order valence-electron chi connectivity index (χ4n) is 1.65. The van der Waals surface area contributed by atoms with Crippen LogP contribution in [0.25, 0.3) is 0 Å². The minimum absolute atomic E-state index is 0.239. The third kappa shape index (κ3) is 3.46. The quantitative estimate of drug-likeness (QED) is 0.746. The van der Waals surface area contributed by atoms with Crippen LogP contribution in [0.5, 0.6) is 0 Å². The zero-order valence-corrected chi connectivity index (χ0v) is 12.3. The second kappa shape index (κ2) is 5.08. The van der Waals surface area contributed by atoms with Gasteiger partial charge in [0.15, 0.2) is 0 Å². The van der Waals surface area contributed by atoms with E-state index in [-0.39, 0.29) is 5.41 Å². The van der Waals surface area contributed by atoms with Gasteiger partial charge in [0, 0.05) is 0 Å². The monoisotopic (exact) mass is 290 g/mol. The summed E-state index contributed by atoms with van der Waals surface area (Å²) in [5.74, 6) is 0. The molecule has 0 aliphatic heterocycles. The van der Waals surface area contributed by atoms with Crippen molar-refractivity contribution < 1.29 is 0 Å². The summed E-state index contributed by atoms with van der Waals surface area (Å²) in [5.41, 5.74) is 1.66. The molecule has 88 valence electrons. The Morgan fingerprint density at radius 2 is 1.41 bits per heavy atom. The van der Waals surface area contributed by atoms with Gasteiger partial charge in [0.1, 0.15) is 0 Å². The Bertz CT molecular complexity index is 480. The molecule has 0 unspecified atom stereocenters. The van der Waals surface area contributed by atoms with E-state index in [1.54, 1.807) is 0 Å². The molecule has 0 nitrogen and oxygen atoms in total. The summed E-state index contributed by atoms with van der Waals surface area (Å²) in [4.78, 5) is 0. The summed E-state index contributed by atoms with van der Waals surface area (Å²) in [6, 6.07) is 19.7. The zero-order chi connectivity index (χ0) is 12.3. The Labute approximate surface area is 110 Å². The van der Waals surface area contributed by atoms with Crippen LogP contribution in [0.15, 0.2) is 54.6 Å². The van der Waals surface area contributed by atoms with E-state index in [1.165, 1.54) is 14.5 Å². The van der Waals surface area contributed by atoms with Crippen molar-refractivity contribution in [1.29, 1.82) is 0 Å². The van der Waals surface area contributed by atoms with Crippen molar-refractivity contribution in [3.63, 3.8) is 0 Å². The maximum atomic E-state index is 2.35. The van der Waals surface area contributed by atoms with Crippen molar-refractivity contribution in [1.82, 2.24) is 0 Å². The van der Waals surface area contributed by atoms with E-state index < -0.39 is 0 Å². The van der Waals surface area contributed by atoms with E-state index >= 15 is 0 Å². The van der Waals surface area contributed by atoms with Crippen LogP contribution < -0.4 is 8.92 Å². The molecule has 0 aliphatic rings. The third-order valence-corrected chi connectivity index (χ3v) is 4.77. The maximum absolute atomic E-state index is 2.35. The first-order chi connectivity index (χ1) is 8.05. The molecular formula is C16H18Se. The summed E-state index contributed by atoms with van der Waals surface area (Å²) in [5, 5.41) is 0. The summed E-state index contributed by atoms with van der Waals surface area (Å²) in [6.07, 6.45) is 0. The van der Waals surface area contributed by atoms with Crippen molar-refractivity contribution in [2.45, 2.75) is 26.2 Å². The molecule has 1 heteroatoms. The molecule has 0 heterocycles. The van der Waals surface area contributed by atoms with E-state index in [0.717, 1.165) is 0 Å². The first-order valence-corrected chi connectivity index (χ1v) is 7.60. The first kappa shape index (κ1) is 12.4. The van der Waals surface area contributed by atoms with Gasteiger partial charge in [-0.05, 0) is 0 Å². The molecule has 0 saturated heterocycles. The van der Waals surface area contributed by atoms with Crippen LogP contribution in [0.2, 0.25) is 0 Å². The standard InChI is InChI=1S/C16H18Se/c1-16(2,3)13-8-7-11-15(12-13)17-14-9-5-4-6-10-14/h4-12H,1-3H3. The van der Waals surface area contributed by atoms with Gasteiger partial charge >= 0.3 is 110 Å². The van der Waals surface area contributed by atoms with Gasteiger partial charge < -0.3 is 0 Å². The van der Waals surface area contributed by atoms with Gasteiger partial charge in [-0.1, -0.05) is 0 Å². The van der Waals surface area contributed by atoms with Gasteiger partial charge in [0.25, 0.3) is 0 Å². The van der Waals surface area contributed by atoms with Crippen LogP contribution in [0.1, 0.15) is 26.3 Å². The van der Waals surface area contributed by atoms with Gasteiger partial charge in [-0.3, -0.25) is 0 Å². The number of hydrogen-bond acceptors (Lipinski definition) is 0. The van der Waals surface area contributed by atoms with Gasteiger partial charge in [0.2, 0.25) is 0 Å². The number of rotatable bonds is 2. The van der Waals surface area contributed by atoms with E-state index in [0.29, 0.717) is 15.0 Å². The Kier molecular flexibility index (Phi) is 3.71. The van der Waals surface area contributed by atoms with Gasteiger partial charge in [0.05, 0.1) is 0 Å². The molecule has 0 saturated carbocycles. The van der Waals surface area contributed by atoms with E-state index in [9.17, 15) is 0 Å². The van der Waals surface area contributed by atoms with Crippen LogP contribution >= 0.6 is 0 Å². The average molecular weight is 289 g/mol. The van der Waals surface area contributed by atoms with Gasteiger partial charge in [-0.2, -0.15) is 0 Å². The van der Waals surface area contributed by atoms with Crippen LogP contribution in [0.4, 0.5) is 0 Å². The molecule has 0 atom stereocenters. The van der Waals surface area contributed by atoms with E-state index in [4.69, 9.17) is 0 Å². The van der Waals surface area contributed by atoms with Crippen molar-refractivity contribution in [2.75, 3.05) is 0 Å². The van der Waals surface area contributed by atoms with Crippen molar-refractivity contribution in [2.24, 2.45) is 0 Å². The summed E-state index contributed by atoms with van der Waals surface area (Å²) in [7, 11) is 0. The second-order valence-electron chi connectivity index (χ2n) is 5.19. The predicted molar refractivity (Wildman–Crippen MR) is 76.6 cm³/mol. The molecule has 0 fully saturated rings. The molecular weight excluding hydrogens is 271 g/mol. The SMILES string of the molecule is CC(C)(C)c1cccc([Se]c2ccccc2)c1. The van der Waals surface area contributed by atoms with Crippen LogP contribution in [0.3, 0.4) is 0 Å². The molecule has 2 rings (SSSR count). The molecule has 0 spiro atoms. The molecule has 0 amide bonds. The van der Waals surface area contributed by atoms with Gasteiger partial charge in [-0.25, -0.2) is 0 Å². The molecule has 0 bridgehead atoms. The number of hydrogen-bond donors (Lipinski definition) is 0. The van der Waals surface area contributed by atoms with E-state index in [1.807, 2.05) is 0 Å². The van der Waals surface area contributed by atoms with Gasteiger partial charge in [-0.15, -0.1) is 0 Å². The Balaban J connectivity index is 2.23. The molecule has 17 heavy (non-hydrogen) atoms. The van der Waals surface area contributed by atoms with Crippen molar-refractivity contribution >= 4 is 23.9 Å². The summed E-state index contributed by atoms with van der Waals surface area (Å²) >= 11 is 0.419. The summed E-state index contributed by atoms with van der Waals surface area (Å²) < 4.78 is 2.89. The zero-order valence-electron chi connectivity index (χ0n) is 10.6. The fraction of sp³-hybridized carbons (Fsp3) is 0.250. The molecule has 0 aliphatic carbocycles. The molecule has 0 aromatic heterocycles. The van der Waals surface area contributed by atoms with Crippen molar-refractivity contribution in [3.05, 3.63) is 60.2 Å².